The minimum absolute atomic E-state index is 0.169. The molecule has 1 aromatic heterocycles. The lowest BCUT2D eigenvalue weighted by Gasteiger charge is -2.11. The first kappa shape index (κ1) is 15.8. The molecular formula is C17H21N3O2. The van der Waals surface area contributed by atoms with E-state index in [0.717, 1.165) is 22.5 Å². The van der Waals surface area contributed by atoms with E-state index in [1.807, 2.05) is 32.9 Å². The van der Waals surface area contributed by atoms with Crippen LogP contribution in [0.5, 0.6) is 5.75 Å². The maximum absolute atomic E-state index is 12.4. The number of rotatable bonds is 6. The molecule has 0 radical (unpaired) electrons. The van der Waals surface area contributed by atoms with E-state index in [0.29, 0.717) is 24.5 Å². The molecule has 0 fully saturated rings. The molecule has 0 aliphatic heterocycles. The van der Waals surface area contributed by atoms with Gasteiger partial charge in [0.2, 0.25) is 0 Å². The monoisotopic (exact) mass is 299 g/mol. The molecule has 0 atom stereocenters. The SMILES string of the molecule is C=C(C)COc1ccccc1C(=O)NCc1c(C)n[nH]c1C. The summed E-state index contributed by atoms with van der Waals surface area (Å²) in [5.41, 5.74) is 4.28. The van der Waals surface area contributed by atoms with Crippen LogP contribution in [0.15, 0.2) is 36.4 Å². The summed E-state index contributed by atoms with van der Waals surface area (Å²) in [5, 5.41) is 9.94. The Morgan fingerprint density at radius 1 is 1.36 bits per heavy atom. The van der Waals surface area contributed by atoms with Crippen LogP contribution < -0.4 is 10.1 Å². The topological polar surface area (TPSA) is 67.0 Å². The van der Waals surface area contributed by atoms with E-state index in [9.17, 15) is 4.79 Å². The van der Waals surface area contributed by atoms with Gasteiger partial charge in [-0.3, -0.25) is 9.89 Å². The Morgan fingerprint density at radius 3 is 2.73 bits per heavy atom. The molecule has 5 nitrogen and oxygen atoms in total. The lowest BCUT2D eigenvalue weighted by Crippen LogP contribution is -2.24. The van der Waals surface area contributed by atoms with Gasteiger partial charge in [0.15, 0.2) is 0 Å². The predicted molar refractivity (Wildman–Crippen MR) is 86.0 cm³/mol. The van der Waals surface area contributed by atoms with Crippen LogP contribution in [0.25, 0.3) is 0 Å². The fourth-order valence-electron chi connectivity index (χ4n) is 2.08. The van der Waals surface area contributed by atoms with Crippen molar-refractivity contribution < 1.29 is 9.53 Å². The van der Waals surface area contributed by atoms with Crippen LogP contribution in [0.3, 0.4) is 0 Å². The van der Waals surface area contributed by atoms with Crippen LogP contribution in [0, 0.1) is 13.8 Å². The van der Waals surface area contributed by atoms with Crippen LogP contribution in [-0.2, 0) is 6.54 Å². The highest BCUT2D eigenvalue weighted by Gasteiger charge is 2.13. The molecule has 1 amide bonds. The van der Waals surface area contributed by atoms with Gasteiger partial charge in [0.1, 0.15) is 12.4 Å². The molecule has 2 N–H and O–H groups in total. The van der Waals surface area contributed by atoms with Gasteiger partial charge in [0.25, 0.3) is 5.91 Å². The number of hydrogen-bond donors (Lipinski definition) is 2. The molecule has 2 rings (SSSR count). The van der Waals surface area contributed by atoms with Crippen molar-refractivity contribution >= 4 is 5.91 Å². The number of H-pyrrole nitrogens is 1. The number of nitrogens with zero attached hydrogens (tertiary/aromatic N) is 1. The van der Waals surface area contributed by atoms with Gasteiger partial charge >= 0.3 is 0 Å². The summed E-state index contributed by atoms with van der Waals surface area (Å²) < 4.78 is 5.63. The molecule has 0 spiro atoms. The zero-order valence-corrected chi connectivity index (χ0v) is 13.2. The molecule has 0 unspecified atom stereocenters. The Balaban J connectivity index is 2.08. The summed E-state index contributed by atoms with van der Waals surface area (Å²) in [4.78, 5) is 12.4. The number of carbonyl (C=O) groups is 1. The van der Waals surface area contributed by atoms with Gasteiger partial charge in [-0.15, -0.1) is 0 Å². The maximum atomic E-state index is 12.4. The lowest BCUT2D eigenvalue weighted by molar-refractivity contribution is 0.0947. The first-order chi connectivity index (χ1) is 10.5. The Kier molecular flexibility index (Phi) is 4.99. The van der Waals surface area contributed by atoms with Gasteiger partial charge in [-0.25, -0.2) is 0 Å². The quantitative estimate of drug-likeness (QED) is 0.806. The summed E-state index contributed by atoms with van der Waals surface area (Å²) in [6, 6.07) is 7.19. The number of aryl methyl sites for hydroxylation is 2. The van der Waals surface area contributed by atoms with E-state index >= 15 is 0 Å². The van der Waals surface area contributed by atoms with Gasteiger partial charge in [0, 0.05) is 17.8 Å². The van der Waals surface area contributed by atoms with Crippen LogP contribution in [-0.4, -0.2) is 22.7 Å². The number of ether oxygens (including phenoxy) is 1. The third-order valence-electron chi connectivity index (χ3n) is 3.31. The molecular weight excluding hydrogens is 278 g/mol. The highest BCUT2D eigenvalue weighted by molar-refractivity contribution is 5.96. The maximum Gasteiger partial charge on any atom is 0.255 e. The number of amides is 1. The lowest BCUT2D eigenvalue weighted by atomic mass is 10.1. The number of nitrogens with one attached hydrogen (secondary N) is 2. The highest BCUT2D eigenvalue weighted by Crippen LogP contribution is 2.19. The number of para-hydroxylation sites is 1. The van der Waals surface area contributed by atoms with Gasteiger partial charge in [-0.1, -0.05) is 18.7 Å². The third kappa shape index (κ3) is 3.75. The van der Waals surface area contributed by atoms with Crippen molar-refractivity contribution in [2.75, 3.05) is 6.61 Å². The van der Waals surface area contributed by atoms with Crippen molar-refractivity contribution in [2.24, 2.45) is 0 Å². The molecule has 0 aliphatic rings. The van der Waals surface area contributed by atoms with Crippen LogP contribution in [0.1, 0.15) is 34.2 Å². The Morgan fingerprint density at radius 2 is 2.09 bits per heavy atom. The summed E-state index contributed by atoms with van der Waals surface area (Å²) >= 11 is 0. The summed E-state index contributed by atoms with van der Waals surface area (Å²) in [7, 11) is 0. The van der Waals surface area contributed by atoms with E-state index in [-0.39, 0.29) is 5.91 Å². The number of aromatic amines is 1. The van der Waals surface area contributed by atoms with Gasteiger partial charge in [-0.2, -0.15) is 5.10 Å². The Labute approximate surface area is 130 Å². The zero-order chi connectivity index (χ0) is 16.1. The second kappa shape index (κ2) is 6.93. The van der Waals surface area contributed by atoms with E-state index in [1.165, 1.54) is 0 Å². The fraction of sp³-hybridized carbons (Fsp3) is 0.294. The molecule has 22 heavy (non-hydrogen) atoms. The van der Waals surface area contributed by atoms with E-state index in [1.54, 1.807) is 12.1 Å². The number of carbonyl (C=O) groups excluding carboxylic acids is 1. The molecule has 1 heterocycles. The van der Waals surface area contributed by atoms with Crippen molar-refractivity contribution in [1.29, 1.82) is 0 Å². The minimum Gasteiger partial charge on any atom is -0.488 e. The van der Waals surface area contributed by atoms with Crippen LogP contribution in [0.4, 0.5) is 0 Å². The predicted octanol–water partition coefficient (Wildman–Crippen LogP) is 2.91. The molecule has 0 saturated carbocycles. The highest BCUT2D eigenvalue weighted by atomic mass is 16.5. The molecule has 0 saturated heterocycles. The molecule has 1 aromatic carbocycles. The molecule has 0 aliphatic carbocycles. The van der Waals surface area contributed by atoms with Crippen LogP contribution >= 0.6 is 0 Å². The van der Waals surface area contributed by atoms with E-state index in [4.69, 9.17) is 4.74 Å². The fourth-order valence-corrected chi connectivity index (χ4v) is 2.08. The van der Waals surface area contributed by atoms with Gasteiger partial charge < -0.3 is 10.1 Å². The number of aromatic nitrogens is 2. The third-order valence-corrected chi connectivity index (χ3v) is 3.31. The Bertz CT molecular complexity index is 669. The van der Waals surface area contributed by atoms with Gasteiger partial charge in [-0.05, 0) is 38.5 Å². The largest absolute Gasteiger partial charge is 0.488 e. The smallest absolute Gasteiger partial charge is 0.255 e. The van der Waals surface area contributed by atoms with Gasteiger partial charge in [0.05, 0.1) is 11.3 Å². The summed E-state index contributed by atoms with van der Waals surface area (Å²) in [5.74, 6) is 0.390. The van der Waals surface area contributed by atoms with E-state index < -0.39 is 0 Å². The molecule has 116 valence electrons. The van der Waals surface area contributed by atoms with Crippen molar-refractivity contribution in [2.45, 2.75) is 27.3 Å². The normalized spacial score (nSPS) is 10.3. The first-order valence-corrected chi connectivity index (χ1v) is 7.14. The van der Waals surface area contributed by atoms with Crippen molar-refractivity contribution in [3.8, 4) is 5.75 Å². The van der Waals surface area contributed by atoms with Crippen molar-refractivity contribution in [3.05, 3.63) is 58.9 Å². The number of hydrogen-bond acceptors (Lipinski definition) is 3. The first-order valence-electron chi connectivity index (χ1n) is 7.14. The van der Waals surface area contributed by atoms with Crippen LogP contribution in [0.2, 0.25) is 0 Å². The Hall–Kier alpha value is -2.56. The minimum atomic E-state index is -0.169. The van der Waals surface area contributed by atoms with E-state index in [2.05, 4.69) is 22.1 Å². The average molecular weight is 299 g/mol. The number of benzene rings is 1. The standard InChI is InChI=1S/C17H21N3O2/c1-11(2)10-22-16-8-6-5-7-14(16)17(21)18-9-15-12(3)19-20-13(15)4/h5-8H,1,9-10H2,2-4H3,(H,18,21)(H,19,20). The zero-order valence-electron chi connectivity index (χ0n) is 13.2. The average Bonchev–Trinajstić information content (AvgIpc) is 2.82. The summed E-state index contributed by atoms with van der Waals surface area (Å²) in [6.07, 6.45) is 0. The molecule has 5 heteroatoms. The summed E-state index contributed by atoms with van der Waals surface area (Å²) in [6.45, 7) is 10.4. The van der Waals surface area contributed by atoms with Crippen molar-refractivity contribution in [1.82, 2.24) is 15.5 Å². The van der Waals surface area contributed by atoms with Crippen molar-refractivity contribution in [3.63, 3.8) is 0 Å². The molecule has 2 aromatic rings. The second-order valence-corrected chi connectivity index (χ2v) is 5.34. The molecule has 0 bridgehead atoms. The second-order valence-electron chi connectivity index (χ2n) is 5.34.